The Kier molecular flexibility index (Phi) is 8.79. The van der Waals surface area contributed by atoms with Gasteiger partial charge < -0.3 is 38.5 Å². The second kappa shape index (κ2) is 10.6. The molecule has 0 aromatic heterocycles. The van der Waals surface area contributed by atoms with E-state index in [1.165, 1.54) is 37.7 Å². The number of hydrogen-bond acceptors (Lipinski definition) is 2. The number of carbonyl (C=O) groups excluding carboxylic acids is 1. The van der Waals surface area contributed by atoms with Crippen LogP contribution in [0.2, 0.25) is 5.02 Å². The van der Waals surface area contributed by atoms with Gasteiger partial charge in [-0.15, -0.1) is 0 Å². The standard InChI is InChI=1S/C23H29ClN2O2.HI/c1-26(2,20-7-5-4-6-8-20)16-17-9-12-19(13-10-17)25-23(27)18-11-14-22(28-3)21(24)15-18;/h9-15,20H,4-8,16H2,1-3H3;1H. The lowest BCUT2D eigenvalue weighted by molar-refractivity contribution is -0.929. The van der Waals surface area contributed by atoms with Crippen LogP contribution in [0.4, 0.5) is 5.69 Å². The van der Waals surface area contributed by atoms with Gasteiger partial charge in [0.25, 0.3) is 5.91 Å². The van der Waals surface area contributed by atoms with Crippen LogP contribution < -0.4 is 34.0 Å². The molecule has 3 rings (SSSR count). The van der Waals surface area contributed by atoms with Crippen molar-refractivity contribution in [1.29, 1.82) is 0 Å². The molecule has 0 spiro atoms. The van der Waals surface area contributed by atoms with Crippen LogP contribution in [0.15, 0.2) is 42.5 Å². The molecule has 1 aliphatic carbocycles. The van der Waals surface area contributed by atoms with Crippen molar-refractivity contribution in [3.63, 3.8) is 0 Å². The zero-order valence-corrected chi connectivity index (χ0v) is 20.3. The molecule has 1 aliphatic rings. The number of nitrogens with one attached hydrogen (secondary N) is 1. The summed E-state index contributed by atoms with van der Waals surface area (Å²) in [5, 5.41) is 3.36. The van der Waals surface area contributed by atoms with Crippen molar-refractivity contribution in [2.24, 2.45) is 0 Å². The predicted octanol–water partition coefficient (Wildman–Crippen LogP) is 2.51. The highest BCUT2D eigenvalue weighted by Gasteiger charge is 2.29. The fourth-order valence-corrected chi connectivity index (χ4v) is 4.34. The molecule has 0 radical (unpaired) electrons. The topological polar surface area (TPSA) is 38.3 Å². The highest BCUT2D eigenvalue weighted by Crippen LogP contribution is 2.28. The summed E-state index contributed by atoms with van der Waals surface area (Å²) in [7, 11) is 6.22. The predicted molar refractivity (Wildman–Crippen MR) is 115 cm³/mol. The van der Waals surface area contributed by atoms with Crippen LogP contribution in [0.25, 0.3) is 0 Å². The van der Waals surface area contributed by atoms with E-state index in [0.717, 1.165) is 22.8 Å². The maximum absolute atomic E-state index is 12.5. The molecule has 0 heterocycles. The van der Waals surface area contributed by atoms with Gasteiger partial charge in [-0.05, 0) is 56.0 Å². The summed E-state index contributed by atoms with van der Waals surface area (Å²) < 4.78 is 6.15. The number of methoxy groups -OCH3 is 1. The summed E-state index contributed by atoms with van der Waals surface area (Å²) in [6.45, 7) is 1.01. The number of nitrogens with zero attached hydrogens (tertiary/aromatic N) is 1. The number of quaternary nitrogens is 1. The summed E-state index contributed by atoms with van der Waals surface area (Å²) in [5.41, 5.74) is 2.58. The van der Waals surface area contributed by atoms with E-state index in [1.807, 2.05) is 12.1 Å². The van der Waals surface area contributed by atoms with E-state index >= 15 is 0 Å². The molecule has 0 saturated heterocycles. The van der Waals surface area contributed by atoms with Gasteiger partial charge >= 0.3 is 0 Å². The lowest BCUT2D eigenvalue weighted by Gasteiger charge is -2.40. The highest BCUT2D eigenvalue weighted by molar-refractivity contribution is 6.32. The van der Waals surface area contributed by atoms with E-state index in [1.54, 1.807) is 25.3 Å². The van der Waals surface area contributed by atoms with Gasteiger partial charge in [-0.1, -0.05) is 30.2 Å². The number of halogens is 2. The monoisotopic (exact) mass is 528 g/mol. The summed E-state index contributed by atoms with van der Waals surface area (Å²) in [4.78, 5) is 12.5. The lowest BCUT2D eigenvalue weighted by Crippen LogP contribution is -3.00. The number of hydrogen-bond donors (Lipinski definition) is 1. The Labute approximate surface area is 196 Å². The van der Waals surface area contributed by atoms with Crippen LogP contribution in [0.1, 0.15) is 48.0 Å². The molecule has 1 saturated carbocycles. The summed E-state index contributed by atoms with van der Waals surface area (Å²) >= 11 is 6.12. The van der Waals surface area contributed by atoms with Crippen molar-refractivity contribution in [2.75, 3.05) is 26.5 Å². The molecule has 1 amide bonds. The third-order valence-corrected chi connectivity index (χ3v) is 6.07. The van der Waals surface area contributed by atoms with Crippen LogP contribution in [0.5, 0.6) is 5.75 Å². The van der Waals surface area contributed by atoms with Crippen molar-refractivity contribution in [1.82, 2.24) is 0 Å². The molecular weight excluding hydrogens is 499 g/mol. The first-order valence-corrected chi connectivity index (χ1v) is 10.3. The maximum Gasteiger partial charge on any atom is 0.255 e. The van der Waals surface area contributed by atoms with E-state index in [2.05, 4.69) is 31.5 Å². The Morgan fingerprint density at radius 3 is 2.34 bits per heavy atom. The van der Waals surface area contributed by atoms with Crippen molar-refractivity contribution < 1.29 is 38.0 Å². The van der Waals surface area contributed by atoms with Gasteiger partial charge in [-0.25, -0.2) is 0 Å². The van der Waals surface area contributed by atoms with Crippen molar-refractivity contribution in [3.05, 3.63) is 58.6 Å². The Hall–Kier alpha value is -1.31. The smallest absolute Gasteiger partial charge is 0.255 e. The number of anilines is 1. The molecule has 2 aromatic rings. The zero-order chi connectivity index (χ0) is 20.1. The van der Waals surface area contributed by atoms with Crippen LogP contribution in [0.3, 0.4) is 0 Å². The highest BCUT2D eigenvalue weighted by atomic mass is 127. The molecule has 1 fully saturated rings. The molecule has 4 nitrogen and oxygen atoms in total. The Morgan fingerprint density at radius 1 is 1.10 bits per heavy atom. The Bertz CT molecular complexity index is 818. The molecule has 0 aliphatic heterocycles. The molecular formula is C23H30ClIN2O2. The Balaban J connectivity index is 0.00000300. The fourth-order valence-electron chi connectivity index (χ4n) is 4.08. The van der Waals surface area contributed by atoms with Crippen LogP contribution in [-0.2, 0) is 6.54 Å². The average Bonchev–Trinajstić information content (AvgIpc) is 2.70. The van der Waals surface area contributed by atoms with Gasteiger partial charge in [0, 0.05) is 16.8 Å². The second-order valence-electron chi connectivity index (χ2n) is 8.23. The van der Waals surface area contributed by atoms with Gasteiger partial charge in [0.05, 0.1) is 32.3 Å². The van der Waals surface area contributed by atoms with Crippen LogP contribution >= 0.6 is 11.6 Å². The third kappa shape index (κ3) is 6.33. The minimum absolute atomic E-state index is 0. The number of amides is 1. The molecule has 1 N–H and O–H groups in total. The van der Waals surface area contributed by atoms with Gasteiger partial charge in [0.1, 0.15) is 12.3 Å². The summed E-state index contributed by atoms with van der Waals surface area (Å²) in [5.74, 6) is 0.372. The number of carbonyl (C=O) groups is 1. The normalized spacial score (nSPS) is 14.8. The zero-order valence-electron chi connectivity index (χ0n) is 17.4. The second-order valence-corrected chi connectivity index (χ2v) is 8.64. The number of ether oxygens (including phenoxy) is 1. The third-order valence-electron chi connectivity index (χ3n) is 5.78. The largest absolute Gasteiger partial charge is 1.00 e. The summed E-state index contributed by atoms with van der Waals surface area (Å²) in [6, 6.07) is 13.9. The van der Waals surface area contributed by atoms with Gasteiger partial charge in [-0.3, -0.25) is 4.79 Å². The molecule has 0 atom stereocenters. The average molecular weight is 529 g/mol. The first-order valence-electron chi connectivity index (χ1n) is 9.95. The quantitative estimate of drug-likeness (QED) is 0.462. The maximum atomic E-state index is 12.5. The minimum Gasteiger partial charge on any atom is -1.00 e. The van der Waals surface area contributed by atoms with Crippen molar-refractivity contribution in [3.8, 4) is 5.75 Å². The SMILES string of the molecule is COc1ccc(C(=O)Nc2ccc(C[N+](C)(C)C3CCCCC3)cc2)cc1Cl.[I-]. The molecule has 0 unspecified atom stereocenters. The summed E-state index contributed by atoms with van der Waals surface area (Å²) in [6.07, 6.45) is 6.74. The fraction of sp³-hybridized carbons (Fsp3) is 0.435. The molecule has 2 aromatic carbocycles. The molecule has 6 heteroatoms. The van der Waals surface area contributed by atoms with Crippen molar-refractivity contribution in [2.45, 2.75) is 44.7 Å². The van der Waals surface area contributed by atoms with Gasteiger partial charge in [-0.2, -0.15) is 0 Å². The Morgan fingerprint density at radius 2 is 1.76 bits per heavy atom. The van der Waals surface area contributed by atoms with Crippen molar-refractivity contribution >= 4 is 23.2 Å². The van der Waals surface area contributed by atoms with E-state index < -0.39 is 0 Å². The van der Waals surface area contributed by atoms with Crippen LogP contribution in [-0.4, -0.2) is 37.6 Å². The van der Waals surface area contributed by atoms with Crippen LogP contribution in [0, 0.1) is 0 Å². The van der Waals surface area contributed by atoms with E-state index in [-0.39, 0.29) is 29.9 Å². The van der Waals surface area contributed by atoms with E-state index in [4.69, 9.17) is 16.3 Å². The molecule has 29 heavy (non-hydrogen) atoms. The van der Waals surface area contributed by atoms with Gasteiger partial charge in [0.15, 0.2) is 0 Å². The number of benzene rings is 2. The first-order chi connectivity index (χ1) is 13.4. The lowest BCUT2D eigenvalue weighted by atomic mass is 9.92. The molecule has 0 bridgehead atoms. The minimum atomic E-state index is -0.185. The van der Waals surface area contributed by atoms with E-state index in [9.17, 15) is 4.79 Å². The number of rotatable bonds is 6. The van der Waals surface area contributed by atoms with E-state index in [0.29, 0.717) is 16.3 Å². The first kappa shape index (κ1) is 24.0. The molecule has 158 valence electrons. The van der Waals surface area contributed by atoms with Gasteiger partial charge in [0.2, 0.25) is 0 Å².